The van der Waals surface area contributed by atoms with Crippen LogP contribution in [0.15, 0.2) is 34.9 Å². The highest BCUT2D eigenvalue weighted by Crippen LogP contribution is 2.21. The van der Waals surface area contributed by atoms with E-state index in [0.29, 0.717) is 5.82 Å². The van der Waals surface area contributed by atoms with Gasteiger partial charge < -0.3 is 14.6 Å². The van der Waals surface area contributed by atoms with Gasteiger partial charge in [0.25, 0.3) is 5.91 Å². The molecule has 3 rings (SSSR count). The normalized spacial score (nSPS) is 16.0. The summed E-state index contributed by atoms with van der Waals surface area (Å²) in [4.78, 5) is 14.0. The number of nitrogens with zero attached hydrogens (tertiary/aromatic N) is 3. The Morgan fingerprint density at radius 3 is 2.71 bits per heavy atom. The molecule has 1 N–H and O–H groups in total. The van der Waals surface area contributed by atoms with Gasteiger partial charge in [0.05, 0.1) is 6.26 Å². The maximum absolute atomic E-state index is 11.8. The van der Waals surface area contributed by atoms with Crippen molar-refractivity contribution in [1.29, 1.82) is 0 Å². The second kappa shape index (κ2) is 5.95. The van der Waals surface area contributed by atoms with Crippen LogP contribution in [0.1, 0.15) is 30.3 Å². The van der Waals surface area contributed by atoms with Crippen LogP contribution in [-0.2, 0) is 0 Å². The van der Waals surface area contributed by atoms with E-state index in [1.807, 2.05) is 6.07 Å². The Kier molecular flexibility index (Phi) is 3.85. The Labute approximate surface area is 123 Å². The number of nitrogens with one attached hydrogen (secondary N) is 1. The summed E-state index contributed by atoms with van der Waals surface area (Å²) in [6.07, 6.45) is 3.82. The van der Waals surface area contributed by atoms with Gasteiger partial charge in [0.2, 0.25) is 0 Å². The monoisotopic (exact) mass is 286 g/mol. The second-order valence-corrected chi connectivity index (χ2v) is 5.38. The summed E-state index contributed by atoms with van der Waals surface area (Å²) < 4.78 is 5.03. The third kappa shape index (κ3) is 3.21. The van der Waals surface area contributed by atoms with Crippen LogP contribution in [0.5, 0.6) is 0 Å². The average Bonchev–Trinajstić information content (AvgIpc) is 3.03. The van der Waals surface area contributed by atoms with Crippen molar-refractivity contribution in [3.63, 3.8) is 0 Å². The molecular formula is C15H18N4O2. The Morgan fingerprint density at radius 2 is 2.10 bits per heavy atom. The lowest BCUT2D eigenvalue weighted by Gasteiger charge is -2.30. The van der Waals surface area contributed by atoms with Gasteiger partial charge in [-0.05, 0) is 43.0 Å². The number of carbonyl (C=O) groups excluding carboxylic acids is 1. The van der Waals surface area contributed by atoms with Gasteiger partial charge in [-0.15, -0.1) is 10.2 Å². The van der Waals surface area contributed by atoms with E-state index in [-0.39, 0.29) is 11.7 Å². The molecule has 0 aliphatic carbocycles. The zero-order chi connectivity index (χ0) is 14.7. The van der Waals surface area contributed by atoms with E-state index < -0.39 is 0 Å². The molecule has 2 aromatic heterocycles. The molecule has 3 heterocycles. The molecule has 0 aromatic carbocycles. The summed E-state index contributed by atoms with van der Waals surface area (Å²) in [5.74, 6) is 1.99. The topological polar surface area (TPSA) is 71.3 Å². The number of rotatable bonds is 3. The van der Waals surface area contributed by atoms with E-state index in [1.54, 1.807) is 18.2 Å². The summed E-state index contributed by atoms with van der Waals surface area (Å²) in [6, 6.07) is 6.93. The minimum Gasteiger partial charge on any atom is -0.459 e. The molecule has 0 saturated carbocycles. The first-order valence-electron chi connectivity index (χ1n) is 7.16. The van der Waals surface area contributed by atoms with Crippen LogP contribution < -0.4 is 10.2 Å². The first kappa shape index (κ1) is 13.6. The fourth-order valence-corrected chi connectivity index (χ4v) is 2.38. The minimum absolute atomic E-state index is 0.255. The van der Waals surface area contributed by atoms with Crippen molar-refractivity contribution < 1.29 is 9.21 Å². The standard InChI is InChI=1S/C15H18N4O2/c1-11-6-8-19(9-7-11)14-5-4-13(17-18-14)16-15(20)12-3-2-10-21-12/h2-5,10-11H,6-9H2,1H3,(H,16,17,20). The molecule has 0 atom stereocenters. The smallest absolute Gasteiger partial charge is 0.292 e. The third-order valence-electron chi connectivity index (χ3n) is 3.74. The molecule has 2 aromatic rings. The molecule has 1 amide bonds. The number of carbonyl (C=O) groups is 1. The van der Waals surface area contributed by atoms with Crippen LogP contribution in [0, 0.1) is 5.92 Å². The van der Waals surface area contributed by atoms with Crippen molar-refractivity contribution in [3.8, 4) is 0 Å². The highest BCUT2D eigenvalue weighted by molar-refractivity contribution is 6.01. The Hall–Kier alpha value is -2.37. The van der Waals surface area contributed by atoms with Gasteiger partial charge >= 0.3 is 0 Å². The molecule has 1 fully saturated rings. The van der Waals surface area contributed by atoms with E-state index in [4.69, 9.17) is 4.42 Å². The van der Waals surface area contributed by atoms with Gasteiger partial charge in [0, 0.05) is 13.1 Å². The van der Waals surface area contributed by atoms with Gasteiger partial charge in [-0.3, -0.25) is 4.79 Å². The minimum atomic E-state index is -0.325. The number of furan rings is 1. The third-order valence-corrected chi connectivity index (χ3v) is 3.74. The number of aromatic nitrogens is 2. The second-order valence-electron chi connectivity index (χ2n) is 5.38. The zero-order valence-electron chi connectivity index (χ0n) is 12.0. The van der Waals surface area contributed by atoms with Crippen LogP contribution in [0.25, 0.3) is 0 Å². The first-order valence-corrected chi connectivity index (χ1v) is 7.16. The highest BCUT2D eigenvalue weighted by atomic mass is 16.3. The van der Waals surface area contributed by atoms with Crippen molar-refractivity contribution in [2.75, 3.05) is 23.3 Å². The molecule has 1 aliphatic heterocycles. The van der Waals surface area contributed by atoms with Crippen LogP contribution in [0.3, 0.4) is 0 Å². The predicted octanol–water partition coefficient (Wildman–Crippen LogP) is 2.56. The van der Waals surface area contributed by atoms with Crippen molar-refractivity contribution in [1.82, 2.24) is 10.2 Å². The molecule has 6 nitrogen and oxygen atoms in total. The van der Waals surface area contributed by atoms with Gasteiger partial charge in [0.1, 0.15) is 0 Å². The molecule has 1 aliphatic rings. The van der Waals surface area contributed by atoms with Crippen LogP contribution in [0.4, 0.5) is 11.6 Å². The number of piperidine rings is 1. The SMILES string of the molecule is CC1CCN(c2ccc(NC(=O)c3ccco3)nn2)CC1. The van der Waals surface area contributed by atoms with Crippen molar-refractivity contribution in [2.45, 2.75) is 19.8 Å². The lowest BCUT2D eigenvalue weighted by atomic mass is 9.99. The van der Waals surface area contributed by atoms with Crippen LogP contribution in [-0.4, -0.2) is 29.2 Å². The number of hydrogen-bond acceptors (Lipinski definition) is 5. The summed E-state index contributed by atoms with van der Waals surface area (Å²) in [6.45, 7) is 4.29. The maximum atomic E-state index is 11.8. The van der Waals surface area contributed by atoms with Gasteiger partial charge in [0.15, 0.2) is 17.4 Å². The molecule has 0 spiro atoms. The molecule has 6 heteroatoms. The lowest BCUT2D eigenvalue weighted by molar-refractivity contribution is 0.0996. The number of hydrogen-bond donors (Lipinski definition) is 1. The molecular weight excluding hydrogens is 268 g/mol. The average molecular weight is 286 g/mol. The van der Waals surface area contributed by atoms with Gasteiger partial charge in [-0.1, -0.05) is 6.92 Å². The number of amides is 1. The summed E-state index contributed by atoms with van der Waals surface area (Å²) in [7, 11) is 0. The molecule has 0 unspecified atom stereocenters. The molecule has 1 saturated heterocycles. The van der Waals surface area contributed by atoms with Gasteiger partial charge in [-0.25, -0.2) is 0 Å². The van der Waals surface area contributed by atoms with E-state index in [0.717, 1.165) is 24.8 Å². The number of anilines is 2. The van der Waals surface area contributed by atoms with Gasteiger partial charge in [-0.2, -0.15) is 0 Å². The first-order chi connectivity index (χ1) is 10.2. The summed E-state index contributed by atoms with van der Waals surface area (Å²) in [5.41, 5.74) is 0. The van der Waals surface area contributed by atoms with Crippen LogP contribution in [0.2, 0.25) is 0 Å². The fourth-order valence-electron chi connectivity index (χ4n) is 2.38. The Balaban J connectivity index is 1.63. The molecule has 21 heavy (non-hydrogen) atoms. The highest BCUT2D eigenvalue weighted by Gasteiger charge is 2.17. The Morgan fingerprint density at radius 1 is 1.29 bits per heavy atom. The molecule has 0 radical (unpaired) electrons. The van der Waals surface area contributed by atoms with Crippen LogP contribution >= 0.6 is 0 Å². The van der Waals surface area contributed by atoms with Crippen molar-refractivity contribution in [2.24, 2.45) is 5.92 Å². The fraction of sp³-hybridized carbons (Fsp3) is 0.400. The molecule has 0 bridgehead atoms. The Bertz CT molecular complexity index is 587. The van der Waals surface area contributed by atoms with E-state index in [2.05, 4.69) is 27.3 Å². The quantitative estimate of drug-likeness (QED) is 0.939. The van der Waals surface area contributed by atoms with Crippen molar-refractivity contribution in [3.05, 3.63) is 36.3 Å². The maximum Gasteiger partial charge on any atom is 0.292 e. The predicted molar refractivity (Wildman–Crippen MR) is 79.3 cm³/mol. The zero-order valence-corrected chi connectivity index (χ0v) is 12.0. The van der Waals surface area contributed by atoms with E-state index in [1.165, 1.54) is 19.1 Å². The van der Waals surface area contributed by atoms with Crippen molar-refractivity contribution >= 4 is 17.5 Å². The van der Waals surface area contributed by atoms with E-state index in [9.17, 15) is 4.79 Å². The largest absolute Gasteiger partial charge is 0.459 e. The molecule has 110 valence electrons. The van der Waals surface area contributed by atoms with E-state index >= 15 is 0 Å². The summed E-state index contributed by atoms with van der Waals surface area (Å²) in [5, 5.41) is 10.9. The lowest BCUT2D eigenvalue weighted by Crippen LogP contribution is -2.33. The summed E-state index contributed by atoms with van der Waals surface area (Å²) >= 11 is 0.